The molecule has 1 atom stereocenters. The molecule has 1 aliphatic rings. The summed E-state index contributed by atoms with van der Waals surface area (Å²) in [6.45, 7) is 5.10. The minimum atomic E-state index is 0.0543. The van der Waals surface area contributed by atoms with Crippen LogP contribution >= 0.6 is 0 Å². The standard InChI is InChI=1S/C10H17NO2/c1-3-10(12)11-7-4-5-9(11)6-8-13-2/h3,9H,1,4-8H2,2H3/t9-/m1/s1. The van der Waals surface area contributed by atoms with Crippen LogP contribution in [-0.4, -0.2) is 37.1 Å². The summed E-state index contributed by atoms with van der Waals surface area (Å²) < 4.78 is 5.00. The van der Waals surface area contributed by atoms with Gasteiger partial charge in [-0.1, -0.05) is 6.58 Å². The highest BCUT2D eigenvalue weighted by atomic mass is 16.5. The van der Waals surface area contributed by atoms with Gasteiger partial charge in [-0.2, -0.15) is 0 Å². The molecular formula is C10H17NO2. The SMILES string of the molecule is C=CC(=O)N1CCC[C@@H]1CCOC. The monoisotopic (exact) mass is 183 g/mol. The average Bonchev–Trinajstić information content (AvgIpc) is 2.61. The number of hydrogen-bond donors (Lipinski definition) is 0. The number of carbonyl (C=O) groups is 1. The second-order valence-corrected chi connectivity index (χ2v) is 3.31. The quantitative estimate of drug-likeness (QED) is 0.613. The Kier molecular flexibility index (Phi) is 3.96. The van der Waals surface area contributed by atoms with Crippen LogP contribution in [0.5, 0.6) is 0 Å². The Morgan fingerprint density at radius 3 is 3.15 bits per heavy atom. The molecule has 0 N–H and O–H groups in total. The molecule has 1 saturated heterocycles. The molecule has 0 aromatic heterocycles. The van der Waals surface area contributed by atoms with Crippen molar-refractivity contribution < 1.29 is 9.53 Å². The van der Waals surface area contributed by atoms with Crippen LogP contribution in [0.25, 0.3) is 0 Å². The minimum absolute atomic E-state index is 0.0543. The minimum Gasteiger partial charge on any atom is -0.385 e. The molecule has 3 nitrogen and oxygen atoms in total. The van der Waals surface area contributed by atoms with E-state index in [1.807, 2.05) is 4.90 Å². The van der Waals surface area contributed by atoms with Crippen molar-refractivity contribution in [1.82, 2.24) is 4.90 Å². The van der Waals surface area contributed by atoms with Crippen molar-refractivity contribution >= 4 is 5.91 Å². The lowest BCUT2D eigenvalue weighted by molar-refractivity contribution is -0.127. The number of likely N-dealkylation sites (tertiary alicyclic amines) is 1. The highest BCUT2D eigenvalue weighted by Gasteiger charge is 2.26. The summed E-state index contributed by atoms with van der Waals surface area (Å²) >= 11 is 0. The van der Waals surface area contributed by atoms with E-state index in [0.29, 0.717) is 6.04 Å². The maximum atomic E-state index is 11.4. The van der Waals surface area contributed by atoms with Crippen molar-refractivity contribution in [1.29, 1.82) is 0 Å². The molecule has 1 heterocycles. The smallest absolute Gasteiger partial charge is 0.246 e. The number of methoxy groups -OCH3 is 1. The van der Waals surface area contributed by atoms with Gasteiger partial charge in [0.05, 0.1) is 0 Å². The fraction of sp³-hybridized carbons (Fsp3) is 0.700. The number of amides is 1. The molecule has 74 valence electrons. The Labute approximate surface area is 79.4 Å². The Hall–Kier alpha value is -0.830. The Bertz CT molecular complexity index is 191. The number of nitrogens with zero attached hydrogens (tertiary/aromatic N) is 1. The van der Waals surface area contributed by atoms with Crippen LogP contribution in [0.4, 0.5) is 0 Å². The highest BCUT2D eigenvalue weighted by molar-refractivity contribution is 5.87. The first-order valence-corrected chi connectivity index (χ1v) is 4.71. The largest absolute Gasteiger partial charge is 0.385 e. The van der Waals surface area contributed by atoms with E-state index in [9.17, 15) is 4.79 Å². The first-order chi connectivity index (χ1) is 6.29. The van der Waals surface area contributed by atoms with E-state index in [1.54, 1.807) is 7.11 Å². The van der Waals surface area contributed by atoms with Gasteiger partial charge in [-0.05, 0) is 25.3 Å². The molecule has 1 rings (SSSR count). The van der Waals surface area contributed by atoms with Crippen molar-refractivity contribution in [3.05, 3.63) is 12.7 Å². The van der Waals surface area contributed by atoms with Gasteiger partial charge >= 0.3 is 0 Å². The first kappa shape index (κ1) is 10.3. The molecule has 0 unspecified atom stereocenters. The van der Waals surface area contributed by atoms with Crippen LogP contribution in [0.1, 0.15) is 19.3 Å². The van der Waals surface area contributed by atoms with Crippen molar-refractivity contribution in [2.24, 2.45) is 0 Å². The maximum absolute atomic E-state index is 11.4. The van der Waals surface area contributed by atoms with Gasteiger partial charge in [0.15, 0.2) is 0 Å². The van der Waals surface area contributed by atoms with Crippen LogP contribution in [0, 0.1) is 0 Å². The fourth-order valence-corrected chi connectivity index (χ4v) is 1.80. The van der Waals surface area contributed by atoms with Gasteiger partial charge in [0.2, 0.25) is 5.91 Å². The number of hydrogen-bond acceptors (Lipinski definition) is 2. The molecule has 1 amide bonds. The van der Waals surface area contributed by atoms with E-state index in [1.165, 1.54) is 6.08 Å². The molecule has 13 heavy (non-hydrogen) atoms. The summed E-state index contributed by atoms with van der Waals surface area (Å²) in [5.74, 6) is 0.0543. The predicted molar refractivity (Wildman–Crippen MR) is 51.4 cm³/mol. The van der Waals surface area contributed by atoms with E-state index in [-0.39, 0.29) is 5.91 Å². The third-order valence-corrected chi connectivity index (χ3v) is 2.49. The molecular weight excluding hydrogens is 166 g/mol. The van der Waals surface area contributed by atoms with Crippen molar-refractivity contribution in [3.63, 3.8) is 0 Å². The Balaban J connectivity index is 2.43. The van der Waals surface area contributed by atoms with E-state index in [4.69, 9.17) is 4.74 Å². The third kappa shape index (κ3) is 2.56. The molecule has 0 radical (unpaired) electrons. The van der Waals surface area contributed by atoms with Crippen molar-refractivity contribution in [2.75, 3.05) is 20.3 Å². The van der Waals surface area contributed by atoms with Gasteiger partial charge in [0.25, 0.3) is 0 Å². The highest BCUT2D eigenvalue weighted by Crippen LogP contribution is 2.20. The van der Waals surface area contributed by atoms with Gasteiger partial charge in [0.1, 0.15) is 0 Å². The van der Waals surface area contributed by atoms with E-state index in [0.717, 1.165) is 32.4 Å². The maximum Gasteiger partial charge on any atom is 0.246 e. The molecule has 1 fully saturated rings. The molecule has 0 spiro atoms. The number of ether oxygens (including phenoxy) is 1. The molecule has 1 aliphatic heterocycles. The van der Waals surface area contributed by atoms with Crippen LogP contribution in [0.15, 0.2) is 12.7 Å². The summed E-state index contributed by atoms with van der Waals surface area (Å²) in [6.07, 6.45) is 4.54. The van der Waals surface area contributed by atoms with Gasteiger partial charge in [0, 0.05) is 26.3 Å². The fourth-order valence-electron chi connectivity index (χ4n) is 1.80. The second-order valence-electron chi connectivity index (χ2n) is 3.31. The van der Waals surface area contributed by atoms with Crippen molar-refractivity contribution in [2.45, 2.75) is 25.3 Å². The van der Waals surface area contributed by atoms with Crippen molar-refractivity contribution in [3.8, 4) is 0 Å². The van der Waals surface area contributed by atoms with Crippen LogP contribution < -0.4 is 0 Å². The Morgan fingerprint density at radius 1 is 1.77 bits per heavy atom. The normalized spacial score (nSPS) is 21.9. The molecule has 0 aliphatic carbocycles. The summed E-state index contributed by atoms with van der Waals surface area (Å²) in [6, 6.07) is 0.366. The molecule has 0 bridgehead atoms. The lowest BCUT2D eigenvalue weighted by atomic mass is 10.1. The lowest BCUT2D eigenvalue weighted by Crippen LogP contribution is -2.34. The number of carbonyl (C=O) groups excluding carboxylic acids is 1. The van der Waals surface area contributed by atoms with Gasteiger partial charge in [-0.25, -0.2) is 0 Å². The van der Waals surface area contributed by atoms with Gasteiger partial charge in [-0.3, -0.25) is 4.79 Å². The zero-order valence-electron chi connectivity index (χ0n) is 8.16. The van der Waals surface area contributed by atoms with Crippen LogP contribution in [-0.2, 0) is 9.53 Å². The summed E-state index contributed by atoms with van der Waals surface area (Å²) in [7, 11) is 1.69. The van der Waals surface area contributed by atoms with Gasteiger partial charge < -0.3 is 9.64 Å². The lowest BCUT2D eigenvalue weighted by Gasteiger charge is -2.22. The summed E-state index contributed by atoms with van der Waals surface area (Å²) in [5, 5.41) is 0. The third-order valence-electron chi connectivity index (χ3n) is 2.49. The van der Waals surface area contributed by atoms with Gasteiger partial charge in [-0.15, -0.1) is 0 Å². The van der Waals surface area contributed by atoms with Crippen LogP contribution in [0.3, 0.4) is 0 Å². The topological polar surface area (TPSA) is 29.5 Å². The van der Waals surface area contributed by atoms with E-state index < -0.39 is 0 Å². The second kappa shape index (κ2) is 5.02. The van der Waals surface area contributed by atoms with E-state index in [2.05, 4.69) is 6.58 Å². The zero-order chi connectivity index (χ0) is 9.68. The van der Waals surface area contributed by atoms with Crippen LogP contribution in [0.2, 0.25) is 0 Å². The molecule has 0 saturated carbocycles. The molecule has 0 aromatic carbocycles. The van der Waals surface area contributed by atoms with E-state index >= 15 is 0 Å². The first-order valence-electron chi connectivity index (χ1n) is 4.71. The Morgan fingerprint density at radius 2 is 2.54 bits per heavy atom. The summed E-state index contributed by atoms with van der Waals surface area (Å²) in [4.78, 5) is 13.2. The molecule has 3 heteroatoms. The predicted octanol–water partition coefficient (Wildman–Crippen LogP) is 1.20. The molecule has 0 aromatic rings. The summed E-state index contributed by atoms with van der Waals surface area (Å²) in [5.41, 5.74) is 0. The number of rotatable bonds is 4. The zero-order valence-corrected chi connectivity index (χ0v) is 8.16. The average molecular weight is 183 g/mol.